The Kier molecular flexibility index (Phi) is 4.46. The highest BCUT2D eigenvalue weighted by Gasteiger charge is 2.33. The first-order valence-electron chi connectivity index (χ1n) is 7.03. The van der Waals surface area contributed by atoms with Gasteiger partial charge in [0.05, 0.1) is 12.8 Å². The van der Waals surface area contributed by atoms with Gasteiger partial charge in [-0.3, -0.25) is 4.90 Å². The molecule has 0 saturated heterocycles. The quantitative estimate of drug-likeness (QED) is 0.806. The first-order valence-corrected chi connectivity index (χ1v) is 7.03. The van der Waals surface area contributed by atoms with E-state index in [0.717, 1.165) is 30.7 Å². The van der Waals surface area contributed by atoms with Crippen LogP contribution >= 0.6 is 0 Å². The second-order valence-corrected chi connectivity index (χ2v) is 6.07. The average molecular weight is 250 g/mol. The van der Waals surface area contributed by atoms with Crippen molar-refractivity contribution in [3.05, 3.63) is 23.7 Å². The van der Waals surface area contributed by atoms with Crippen LogP contribution in [-0.2, 0) is 13.1 Å². The highest BCUT2D eigenvalue weighted by atomic mass is 16.3. The Balaban J connectivity index is 1.82. The van der Waals surface area contributed by atoms with Crippen LogP contribution in [0.2, 0.25) is 0 Å². The predicted molar refractivity (Wildman–Crippen MR) is 74.3 cm³/mol. The number of rotatable bonds is 7. The summed E-state index contributed by atoms with van der Waals surface area (Å²) < 4.78 is 5.61. The Morgan fingerprint density at radius 3 is 2.83 bits per heavy atom. The first-order chi connectivity index (χ1) is 8.56. The lowest BCUT2D eigenvalue weighted by molar-refractivity contribution is 0.278. The lowest BCUT2D eigenvalue weighted by atomic mass is 10.2. The van der Waals surface area contributed by atoms with Gasteiger partial charge < -0.3 is 9.73 Å². The SMILES string of the molecule is CC(C)NCc1ccoc1CN(C)CC1CC1C. The van der Waals surface area contributed by atoms with Crippen LogP contribution in [-0.4, -0.2) is 24.5 Å². The van der Waals surface area contributed by atoms with Gasteiger partial charge in [-0.05, 0) is 31.4 Å². The zero-order valence-electron chi connectivity index (χ0n) is 12.1. The fourth-order valence-electron chi connectivity index (χ4n) is 2.34. The third kappa shape index (κ3) is 3.85. The van der Waals surface area contributed by atoms with E-state index in [4.69, 9.17) is 4.42 Å². The number of nitrogens with one attached hydrogen (secondary N) is 1. The summed E-state index contributed by atoms with van der Waals surface area (Å²) in [6, 6.07) is 2.59. The summed E-state index contributed by atoms with van der Waals surface area (Å²) in [6.45, 7) is 9.69. The Morgan fingerprint density at radius 2 is 2.22 bits per heavy atom. The minimum atomic E-state index is 0.512. The van der Waals surface area contributed by atoms with Crippen molar-refractivity contribution >= 4 is 0 Å². The van der Waals surface area contributed by atoms with Gasteiger partial charge in [0, 0.05) is 24.7 Å². The monoisotopic (exact) mass is 250 g/mol. The molecule has 2 rings (SSSR count). The summed E-state index contributed by atoms with van der Waals surface area (Å²) in [5, 5.41) is 3.44. The second kappa shape index (κ2) is 5.89. The third-order valence-electron chi connectivity index (χ3n) is 3.77. The van der Waals surface area contributed by atoms with Crippen LogP contribution in [0, 0.1) is 11.8 Å². The fourth-order valence-corrected chi connectivity index (χ4v) is 2.34. The summed E-state index contributed by atoms with van der Waals surface area (Å²) in [4.78, 5) is 2.38. The van der Waals surface area contributed by atoms with Crippen molar-refractivity contribution in [2.75, 3.05) is 13.6 Å². The maximum Gasteiger partial charge on any atom is 0.122 e. The summed E-state index contributed by atoms with van der Waals surface area (Å²) in [5.41, 5.74) is 1.29. The summed E-state index contributed by atoms with van der Waals surface area (Å²) in [6.07, 6.45) is 3.20. The van der Waals surface area contributed by atoms with Crippen molar-refractivity contribution in [2.24, 2.45) is 11.8 Å². The molecular formula is C15H26N2O. The van der Waals surface area contributed by atoms with Crippen LogP contribution in [0.25, 0.3) is 0 Å². The molecule has 1 heterocycles. The Labute approximate surface area is 111 Å². The highest BCUT2D eigenvalue weighted by molar-refractivity contribution is 5.16. The van der Waals surface area contributed by atoms with E-state index in [9.17, 15) is 0 Å². The maximum absolute atomic E-state index is 5.61. The standard InChI is InChI=1S/C15H26N2O/c1-11(2)16-8-13-5-6-18-15(13)10-17(4)9-14-7-12(14)3/h5-6,11-12,14,16H,7-10H2,1-4H3. The third-order valence-corrected chi connectivity index (χ3v) is 3.77. The fraction of sp³-hybridized carbons (Fsp3) is 0.733. The van der Waals surface area contributed by atoms with E-state index in [2.05, 4.69) is 44.1 Å². The van der Waals surface area contributed by atoms with E-state index in [1.54, 1.807) is 6.26 Å². The molecule has 18 heavy (non-hydrogen) atoms. The lowest BCUT2D eigenvalue weighted by Gasteiger charge is -2.16. The number of furan rings is 1. The molecule has 1 aliphatic carbocycles. The highest BCUT2D eigenvalue weighted by Crippen LogP contribution is 2.38. The maximum atomic E-state index is 5.61. The molecule has 2 atom stereocenters. The molecule has 0 spiro atoms. The first kappa shape index (κ1) is 13.6. The molecule has 0 radical (unpaired) electrons. The van der Waals surface area contributed by atoms with E-state index in [-0.39, 0.29) is 0 Å². The van der Waals surface area contributed by atoms with Crippen molar-refractivity contribution in [2.45, 2.75) is 46.3 Å². The van der Waals surface area contributed by atoms with Gasteiger partial charge in [-0.1, -0.05) is 20.8 Å². The number of nitrogens with zero attached hydrogens (tertiary/aromatic N) is 1. The smallest absolute Gasteiger partial charge is 0.122 e. The van der Waals surface area contributed by atoms with E-state index >= 15 is 0 Å². The molecule has 0 bridgehead atoms. The largest absolute Gasteiger partial charge is 0.468 e. The van der Waals surface area contributed by atoms with Gasteiger partial charge in [0.1, 0.15) is 5.76 Å². The van der Waals surface area contributed by atoms with Crippen LogP contribution in [0.15, 0.2) is 16.7 Å². The van der Waals surface area contributed by atoms with Gasteiger partial charge in [-0.15, -0.1) is 0 Å². The Hall–Kier alpha value is -0.800. The molecule has 3 nitrogen and oxygen atoms in total. The molecule has 102 valence electrons. The minimum Gasteiger partial charge on any atom is -0.468 e. The predicted octanol–water partition coefficient (Wildman–Crippen LogP) is 2.87. The van der Waals surface area contributed by atoms with Gasteiger partial charge in [-0.2, -0.15) is 0 Å². The average Bonchev–Trinajstić information content (AvgIpc) is 2.81. The normalized spacial score (nSPS) is 23.0. The molecule has 2 unspecified atom stereocenters. The Bertz CT molecular complexity index is 372. The zero-order valence-corrected chi connectivity index (χ0v) is 12.1. The minimum absolute atomic E-state index is 0.512. The lowest BCUT2D eigenvalue weighted by Crippen LogP contribution is -2.24. The van der Waals surface area contributed by atoms with E-state index in [1.807, 2.05) is 0 Å². The van der Waals surface area contributed by atoms with Crippen LogP contribution in [0.1, 0.15) is 38.5 Å². The molecule has 0 aliphatic heterocycles. The molecule has 0 amide bonds. The van der Waals surface area contributed by atoms with Crippen molar-refractivity contribution in [3.8, 4) is 0 Å². The summed E-state index contributed by atoms with van der Waals surface area (Å²) >= 11 is 0. The molecule has 3 heteroatoms. The number of hydrogen-bond donors (Lipinski definition) is 1. The second-order valence-electron chi connectivity index (χ2n) is 6.07. The van der Waals surface area contributed by atoms with Crippen LogP contribution in [0.3, 0.4) is 0 Å². The van der Waals surface area contributed by atoms with Crippen LogP contribution in [0.5, 0.6) is 0 Å². The van der Waals surface area contributed by atoms with Crippen molar-refractivity contribution in [3.63, 3.8) is 0 Å². The molecule has 0 aromatic carbocycles. The van der Waals surface area contributed by atoms with Gasteiger partial charge in [0.2, 0.25) is 0 Å². The Morgan fingerprint density at radius 1 is 1.50 bits per heavy atom. The molecule has 1 fully saturated rings. The van der Waals surface area contributed by atoms with Crippen molar-refractivity contribution < 1.29 is 4.42 Å². The molecule has 1 saturated carbocycles. The number of hydrogen-bond acceptors (Lipinski definition) is 3. The summed E-state index contributed by atoms with van der Waals surface area (Å²) in [7, 11) is 2.19. The van der Waals surface area contributed by atoms with Crippen molar-refractivity contribution in [1.82, 2.24) is 10.2 Å². The van der Waals surface area contributed by atoms with E-state index < -0.39 is 0 Å². The summed E-state index contributed by atoms with van der Waals surface area (Å²) in [5.74, 6) is 2.94. The molecule has 1 aliphatic rings. The van der Waals surface area contributed by atoms with E-state index in [1.165, 1.54) is 18.5 Å². The molecular weight excluding hydrogens is 224 g/mol. The zero-order chi connectivity index (χ0) is 13.1. The van der Waals surface area contributed by atoms with Crippen LogP contribution in [0.4, 0.5) is 0 Å². The molecule has 1 aromatic rings. The topological polar surface area (TPSA) is 28.4 Å². The van der Waals surface area contributed by atoms with Crippen molar-refractivity contribution in [1.29, 1.82) is 0 Å². The van der Waals surface area contributed by atoms with Gasteiger partial charge >= 0.3 is 0 Å². The van der Waals surface area contributed by atoms with E-state index in [0.29, 0.717) is 6.04 Å². The van der Waals surface area contributed by atoms with Crippen LogP contribution < -0.4 is 5.32 Å². The molecule has 1 aromatic heterocycles. The molecule has 1 N–H and O–H groups in total. The van der Waals surface area contributed by atoms with Gasteiger partial charge in [0.15, 0.2) is 0 Å². The van der Waals surface area contributed by atoms with Gasteiger partial charge in [-0.25, -0.2) is 0 Å². The van der Waals surface area contributed by atoms with Gasteiger partial charge in [0.25, 0.3) is 0 Å².